The van der Waals surface area contributed by atoms with Gasteiger partial charge in [-0.2, -0.15) is 0 Å². The number of pyridine rings is 1. The first-order valence-electron chi connectivity index (χ1n) is 9.50. The van der Waals surface area contributed by atoms with Crippen LogP contribution in [-0.4, -0.2) is 46.1 Å². The zero-order valence-corrected chi connectivity index (χ0v) is 16.6. The normalized spacial score (nSPS) is 11.7. The minimum absolute atomic E-state index is 0.558. The number of carboxylic acid groups (broad SMARTS) is 2. The lowest BCUT2D eigenvalue weighted by Crippen LogP contribution is -2.27. The Kier molecular flexibility index (Phi) is 7.45. The Bertz CT molecular complexity index is 1110. The van der Waals surface area contributed by atoms with Crippen LogP contribution in [0.5, 0.6) is 0 Å². The number of aromatic nitrogens is 1. The zero-order chi connectivity index (χ0) is 22.1. The molecule has 0 spiro atoms. The summed E-state index contributed by atoms with van der Waals surface area (Å²) >= 11 is 0. The molecule has 158 valence electrons. The molecular formula is C23H21N3O5. The Hall–Kier alpha value is -4.04. The number of hydrogen-bond acceptors (Lipinski definition) is 6. The highest BCUT2D eigenvalue weighted by Gasteiger charge is 2.17. The molecule has 8 nitrogen and oxygen atoms in total. The number of carboxylic acids is 2. The van der Waals surface area contributed by atoms with Crippen LogP contribution in [0.1, 0.15) is 11.1 Å². The molecule has 1 aliphatic rings. The van der Waals surface area contributed by atoms with Crippen LogP contribution in [-0.2, 0) is 20.9 Å². The van der Waals surface area contributed by atoms with Gasteiger partial charge < -0.3 is 20.3 Å². The summed E-state index contributed by atoms with van der Waals surface area (Å²) < 4.78 is 5.67. The van der Waals surface area contributed by atoms with Gasteiger partial charge in [-0.15, -0.1) is 0 Å². The quantitative estimate of drug-likeness (QED) is 0.397. The van der Waals surface area contributed by atoms with Gasteiger partial charge in [-0.25, -0.2) is 14.6 Å². The molecular weight excluding hydrogens is 398 g/mol. The average molecular weight is 419 g/mol. The molecule has 0 amide bonds. The number of nitrogens with one attached hydrogen (secondary N) is 1. The molecule has 0 aliphatic carbocycles. The van der Waals surface area contributed by atoms with Gasteiger partial charge in [0.25, 0.3) is 0 Å². The van der Waals surface area contributed by atoms with E-state index in [9.17, 15) is 9.59 Å². The zero-order valence-electron chi connectivity index (χ0n) is 16.6. The smallest absolute Gasteiger partial charge is 0.328 e. The van der Waals surface area contributed by atoms with E-state index in [4.69, 9.17) is 19.9 Å². The summed E-state index contributed by atoms with van der Waals surface area (Å²) in [4.78, 5) is 27.9. The van der Waals surface area contributed by atoms with Crippen molar-refractivity contribution in [3.63, 3.8) is 0 Å². The number of aliphatic imine (C=N–C) groups is 1. The largest absolute Gasteiger partial charge is 0.478 e. The van der Waals surface area contributed by atoms with Gasteiger partial charge in [-0.1, -0.05) is 36.4 Å². The van der Waals surface area contributed by atoms with E-state index < -0.39 is 11.9 Å². The third-order valence-electron chi connectivity index (χ3n) is 4.27. The Morgan fingerprint density at radius 3 is 2.42 bits per heavy atom. The van der Waals surface area contributed by atoms with Crippen molar-refractivity contribution < 1.29 is 24.5 Å². The monoisotopic (exact) mass is 419 g/mol. The number of carbonyl (C=O) groups is 2. The minimum atomic E-state index is -1.26. The average Bonchev–Trinajstić information content (AvgIpc) is 3.13. The lowest BCUT2D eigenvalue weighted by Gasteiger charge is -2.08. The van der Waals surface area contributed by atoms with Crippen LogP contribution in [0.3, 0.4) is 0 Å². The molecule has 2 heterocycles. The van der Waals surface area contributed by atoms with E-state index in [1.807, 2.05) is 24.4 Å². The van der Waals surface area contributed by atoms with Gasteiger partial charge in [0.15, 0.2) is 0 Å². The standard InChI is InChI=1S/C19H17N3O.C4H4O4/c1-5-15-6-2-8-17-18(15)16(7-1)19(22-17)21-10-11-23-13-14-4-3-9-20-12-14;5-3(6)1-2-4(7)8/h1-9,12H,10-11,13H2,(H,21,22);1-2H,(H,5,6)(H,7,8). The number of nitrogens with zero attached hydrogens (tertiary/aromatic N) is 2. The van der Waals surface area contributed by atoms with Crippen LogP contribution in [0.4, 0.5) is 5.69 Å². The van der Waals surface area contributed by atoms with Crippen LogP contribution in [0.15, 0.2) is 78.1 Å². The fraction of sp³-hybridized carbons (Fsp3) is 0.130. The Labute approximate surface area is 178 Å². The molecule has 0 saturated carbocycles. The summed E-state index contributed by atoms with van der Waals surface area (Å²) in [5.41, 5.74) is 3.30. The summed E-state index contributed by atoms with van der Waals surface area (Å²) in [5.74, 6) is -1.58. The van der Waals surface area contributed by atoms with E-state index in [0.717, 1.165) is 23.6 Å². The molecule has 0 saturated heterocycles. The number of amidine groups is 1. The van der Waals surface area contributed by atoms with Gasteiger partial charge in [-0.05, 0) is 23.1 Å². The molecule has 31 heavy (non-hydrogen) atoms. The summed E-state index contributed by atoms with van der Waals surface area (Å²) in [6.07, 6.45) is 4.71. The first-order chi connectivity index (χ1) is 15.0. The minimum Gasteiger partial charge on any atom is -0.478 e. The van der Waals surface area contributed by atoms with Crippen LogP contribution >= 0.6 is 0 Å². The molecule has 0 bridgehead atoms. The van der Waals surface area contributed by atoms with Crippen LogP contribution in [0.25, 0.3) is 10.8 Å². The number of rotatable bonds is 7. The predicted molar refractivity (Wildman–Crippen MR) is 116 cm³/mol. The molecule has 2 aromatic carbocycles. The van der Waals surface area contributed by atoms with Crippen molar-refractivity contribution in [2.75, 3.05) is 13.2 Å². The van der Waals surface area contributed by atoms with Gasteiger partial charge in [0.05, 0.1) is 18.9 Å². The highest BCUT2D eigenvalue weighted by atomic mass is 16.5. The van der Waals surface area contributed by atoms with Gasteiger partial charge >= 0.3 is 11.9 Å². The third-order valence-corrected chi connectivity index (χ3v) is 4.27. The summed E-state index contributed by atoms with van der Waals surface area (Å²) in [5, 5.41) is 21.5. The van der Waals surface area contributed by atoms with E-state index in [2.05, 4.69) is 40.6 Å². The van der Waals surface area contributed by atoms with Crippen LogP contribution in [0.2, 0.25) is 0 Å². The Balaban J connectivity index is 0.000000293. The number of benzene rings is 2. The molecule has 3 N–H and O–H groups in total. The predicted octanol–water partition coefficient (Wildman–Crippen LogP) is 3.14. The maximum Gasteiger partial charge on any atom is 0.328 e. The molecule has 4 rings (SSSR count). The van der Waals surface area contributed by atoms with Crippen molar-refractivity contribution in [1.82, 2.24) is 10.3 Å². The fourth-order valence-electron chi connectivity index (χ4n) is 2.98. The van der Waals surface area contributed by atoms with E-state index in [1.54, 1.807) is 6.20 Å². The topological polar surface area (TPSA) is 121 Å². The van der Waals surface area contributed by atoms with Crippen molar-refractivity contribution in [1.29, 1.82) is 0 Å². The van der Waals surface area contributed by atoms with Gasteiger partial charge in [-0.3, -0.25) is 4.98 Å². The molecule has 1 aromatic heterocycles. The number of aliphatic carboxylic acids is 2. The van der Waals surface area contributed by atoms with Crippen molar-refractivity contribution in [2.45, 2.75) is 6.61 Å². The van der Waals surface area contributed by atoms with Crippen molar-refractivity contribution in [2.24, 2.45) is 4.99 Å². The molecule has 0 fully saturated rings. The summed E-state index contributed by atoms with van der Waals surface area (Å²) in [6.45, 7) is 1.93. The van der Waals surface area contributed by atoms with Crippen LogP contribution < -0.4 is 5.32 Å². The van der Waals surface area contributed by atoms with E-state index in [0.29, 0.717) is 25.4 Å². The second kappa shape index (κ2) is 10.7. The number of hydrogen-bond donors (Lipinski definition) is 3. The van der Waals surface area contributed by atoms with E-state index in [1.165, 1.54) is 16.3 Å². The van der Waals surface area contributed by atoms with Gasteiger partial charge in [0, 0.05) is 42.0 Å². The lowest BCUT2D eigenvalue weighted by atomic mass is 10.0. The molecule has 1 aliphatic heterocycles. The second-order valence-corrected chi connectivity index (χ2v) is 6.49. The van der Waals surface area contributed by atoms with E-state index in [-0.39, 0.29) is 0 Å². The third kappa shape index (κ3) is 6.22. The Morgan fingerprint density at radius 1 is 1.00 bits per heavy atom. The van der Waals surface area contributed by atoms with Crippen molar-refractivity contribution in [3.8, 4) is 0 Å². The Morgan fingerprint density at radius 2 is 1.74 bits per heavy atom. The number of ether oxygens (including phenoxy) is 1. The molecule has 3 aromatic rings. The van der Waals surface area contributed by atoms with Gasteiger partial charge in [0.1, 0.15) is 5.84 Å². The van der Waals surface area contributed by atoms with Crippen molar-refractivity contribution in [3.05, 3.63) is 84.2 Å². The first-order valence-corrected chi connectivity index (χ1v) is 9.50. The maximum absolute atomic E-state index is 9.55. The SMILES string of the molecule is O=C(O)C=CC(=O)O.c1cncc(COCCNC2=Nc3cccc4cccc2c34)c1. The maximum atomic E-state index is 9.55. The lowest BCUT2D eigenvalue weighted by molar-refractivity contribution is -0.134. The molecule has 8 heteroatoms. The van der Waals surface area contributed by atoms with E-state index >= 15 is 0 Å². The highest BCUT2D eigenvalue weighted by Crippen LogP contribution is 2.34. The summed E-state index contributed by atoms with van der Waals surface area (Å²) in [6, 6.07) is 16.5. The first kappa shape index (κ1) is 21.7. The van der Waals surface area contributed by atoms with Crippen molar-refractivity contribution >= 4 is 34.2 Å². The highest BCUT2D eigenvalue weighted by molar-refractivity contribution is 6.18. The molecule has 0 unspecified atom stereocenters. The second-order valence-electron chi connectivity index (χ2n) is 6.49. The summed E-state index contributed by atoms with van der Waals surface area (Å²) in [7, 11) is 0. The van der Waals surface area contributed by atoms with Gasteiger partial charge in [0.2, 0.25) is 0 Å². The molecule has 0 atom stereocenters. The fourth-order valence-corrected chi connectivity index (χ4v) is 2.98. The van der Waals surface area contributed by atoms with Crippen LogP contribution in [0, 0.1) is 0 Å². The molecule has 0 radical (unpaired) electrons.